The van der Waals surface area contributed by atoms with E-state index in [2.05, 4.69) is 26.5 Å². The molecule has 2 aromatic rings. The number of phenols is 1. The first-order chi connectivity index (χ1) is 13.2. The van der Waals surface area contributed by atoms with Crippen LogP contribution in [0.3, 0.4) is 0 Å². The zero-order chi connectivity index (χ0) is 20.8. The molecule has 9 heteroatoms. The van der Waals surface area contributed by atoms with Crippen LogP contribution >= 0.6 is 15.9 Å². The number of phenolic OH excluding ortho intramolecular Hbond substituents is 1. The number of nitro benzene ring substituents is 1. The van der Waals surface area contributed by atoms with Crippen molar-refractivity contribution in [2.75, 3.05) is 6.61 Å². The Morgan fingerprint density at radius 2 is 2.11 bits per heavy atom. The standard InChI is InChI=1S/C19H20BrN3O5/c1-11(2)15-5-4-12(3)6-17(15)28-10-18(24)22-21-9-13-7-14(20)8-16(19(13)25)23(26)27/h4-9,11,25H,10H2,1-3H3,(H,22,24)/b21-9+. The van der Waals surface area contributed by atoms with Gasteiger partial charge in [-0.1, -0.05) is 41.9 Å². The highest BCUT2D eigenvalue weighted by Crippen LogP contribution is 2.32. The van der Waals surface area contributed by atoms with Gasteiger partial charge in [0.05, 0.1) is 11.1 Å². The lowest BCUT2D eigenvalue weighted by atomic mass is 10.0. The minimum Gasteiger partial charge on any atom is -0.502 e. The molecule has 0 aromatic heterocycles. The maximum absolute atomic E-state index is 12.0. The molecule has 0 saturated carbocycles. The summed E-state index contributed by atoms with van der Waals surface area (Å²) < 4.78 is 6.00. The molecule has 0 radical (unpaired) electrons. The molecule has 0 aliphatic carbocycles. The molecule has 0 fully saturated rings. The second-order valence-corrected chi connectivity index (χ2v) is 7.31. The van der Waals surface area contributed by atoms with Gasteiger partial charge in [-0.05, 0) is 36.1 Å². The van der Waals surface area contributed by atoms with E-state index >= 15 is 0 Å². The fourth-order valence-corrected chi connectivity index (χ4v) is 2.90. The monoisotopic (exact) mass is 449 g/mol. The molecule has 0 unspecified atom stereocenters. The Balaban J connectivity index is 2.02. The van der Waals surface area contributed by atoms with Crippen LogP contribution in [0.2, 0.25) is 0 Å². The summed E-state index contributed by atoms with van der Waals surface area (Å²) in [5.74, 6) is -0.165. The van der Waals surface area contributed by atoms with E-state index in [1.54, 1.807) is 0 Å². The van der Waals surface area contributed by atoms with Gasteiger partial charge in [-0.2, -0.15) is 5.10 Å². The lowest BCUT2D eigenvalue weighted by molar-refractivity contribution is -0.385. The summed E-state index contributed by atoms with van der Waals surface area (Å²) >= 11 is 3.13. The fourth-order valence-electron chi connectivity index (χ4n) is 2.44. The van der Waals surface area contributed by atoms with Crippen molar-refractivity contribution in [3.8, 4) is 11.5 Å². The molecule has 2 rings (SSSR count). The predicted molar refractivity (Wildman–Crippen MR) is 109 cm³/mol. The Kier molecular flexibility index (Phi) is 7.11. The van der Waals surface area contributed by atoms with Crippen LogP contribution in [0.25, 0.3) is 0 Å². The van der Waals surface area contributed by atoms with Crippen molar-refractivity contribution in [1.29, 1.82) is 0 Å². The second kappa shape index (κ2) is 9.32. The minimum atomic E-state index is -0.710. The number of halogens is 1. The number of rotatable bonds is 7. The number of ether oxygens (including phenoxy) is 1. The molecule has 8 nitrogen and oxygen atoms in total. The number of amides is 1. The van der Waals surface area contributed by atoms with E-state index < -0.39 is 22.3 Å². The van der Waals surface area contributed by atoms with Crippen LogP contribution in [-0.4, -0.2) is 28.8 Å². The average Bonchev–Trinajstić information content (AvgIpc) is 2.62. The zero-order valence-electron chi connectivity index (χ0n) is 15.6. The molecule has 0 bridgehead atoms. The number of carbonyl (C=O) groups excluding carboxylic acids is 1. The molecule has 0 heterocycles. The van der Waals surface area contributed by atoms with Gasteiger partial charge in [0.1, 0.15) is 5.75 Å². The molecule has 0 saturated heterocycles. The number of nitrogens with one attached hydrogen (secondary N) is 1. The van der Waals surface area contributed by atoms with Crippen molar-refractivity contribution in [2.45, 2.75) is 26.7 Å². The highest BCUT2D eigenvalue weighted by atomic mass is 79.9. The van der Waals surface area contributed by atoms with E-state index in [9.17, 15) is 20.0 Å². The van der Waals surface area contributed by atoms with Crippen molar-refractivity contribution in [2.24, 2.45) is 5.10 Å². The van der Waals surface area contributed by atoms with E-state index in [0.29, 0.717) is 10.2 Å². The topological polar surface area (TPSA) is 114 Å². The number of aromatic hydroxyl groups is 1. The third-order valence-corrected chi connectivity index (χ3v) is 4.28. The molecule has 148 valence electrons. The van der Waals surface area contributed by atoms with Crippen LogP contribution in [0.15, 0.2) is 39.9 Å². The van der Waals surface area contributed by atoms with Gasteiger partial charge < -0.3 is 9.84 Å². The lowest BCUT2D eigenvalue weighted by Gasteiger charge is -2.14. The maximum Gasteiger partial charge on any atom is 0.312 e. The Morgan fingerprint density at radius 1 is 1.39 bits per heavy atom. The Morgan fingerprint density at radius 3 is 2.75 bits per heavy atom. The molecule has 0 atom stereocenters. The summed E-state index contributed by atoms with van der Waals surface area (Å²) in [6, 6.07) is 8.43. The average molecular weight is 450 g/mol. The van der Waals surface area contributed by atoms with Gasteiger partial charge in [0, 0.05) is 16.1 Å². The summed E-state index contributed by atoms with van der Waals surface area (Å²) in [5, 5.41) is 24.6. The van der Waals surface area contributed by atoms with Crippen LogP contribution < -0.4 is 10.2 Å². The smallest absolute Gasteiger partial charge is 0.312 e. The van der Waals surface area contributed by atoms with Crippen LogP contribution in [0.5, 0.6) is 11.5 Å². The van der Waals surface area contributed by atoms with Gasteiger partial charge in [-0.25, -0.2) is 5.43 Å². The van der Waals surface area contributed by atoms with Gasteiger partial charge in [0.2, 0.25) is 5.75 Å². The number of nitrogens with zero attached hydrogens (tertiary/aromatic N) is 2. The summed E-state index contributed by atoms with van der Waals surface area (Å²) in [6.45, 7) is 5.76. The van der Waals surface area contributed by atoms with Crippen molar-refractivity contribution in [1.82, 2.24) is 5.43 Å². The lowest BCUT2D eigenvalue weighted by Crippen LogP contribution is -2.25. The molecular formula is C19H20BrN3O5. The molecule has 0 aliphatic heterocycles. The zero-order valence-corrected chi connectivity index (χ0v) is 17.2. The third kappa shape index (κ3) is 5.53. The van der Waals surface area contributed by atoms with Gasteiger partial charge >= 0.3 is 5.69 Å². The van der Waals surface area contributed by atoms with E-state index in [-0.39, 0.29) is 18.1 Å². The maximum atomic E-state index is 12.0. The highest BCUT2D eigenvalue weighted by molar-refractivity contribution is 9.10. The third-order valence-electron chi connectivity index (χ3n) is 3.82. The number of carbonyl (C=O) groups is 1. The van der Waals surface area contributed by atoms with Gasteiger partial charge in [-0.3, -0.25) is 14.9 Å². The van der Waals surface area contributed by atoms with Gasteiger partial charge in [0.15, 0.2) is 6.61 Å². The van der Waals surface area contributed by atoms with Crippen molar-refractivity contribution >= 4 is 33.7 Å². The quantitative estimate of drug-likeness (QED) is 0.376. The first-order valence-corrected chi connectivity index (χ1v) is 9.20. The number of hydrogen-bond donors (Lipinski definition) is 2. The molecular weight excluding hydrogens is 430 g/mol. The van der Waals surface area contributed by atoms with Crippen LogP contribution in [0.4, 0.5) is 5.69 Å². The second-order valence-electron chi connectivity index (χ2n) is 6.40. The Hall–Kier alpha value is -2.94. The minimum absolute atomic E-state index is 0.0862. The molecule has 0 spiro atoms. The van der Waals surface area contributed by atoms with Gasteiger partial charge in [0.25, 0.3) is 5.91 Å². The summed E-state index contributed by atoms with van der Waals surface area (Å²) in [6.07, 6.45) is 1.12. The molecule has 2 N–H and O–H groups in total. The summed E-state index contributed by atoms with van der Waals surface area (Å²) in [4.78, 5) is 22.2. The SMILES string of the molecule is Cc1ccc(C(C)C)c(OCC(=O)N/N=C/c2cc(Br)cc([N+](=O)[O-])c2O)c1. The fraction of sp³-hybridized carbons (Fsp3) is 0.263. The molecule has 0 aliphatic rings. The number of nitro groups is 1. The van der Waals surface area contributed by atoms with E-state index in [1.807, 2.05) is 39.0 Å². The normalized spacial score (nSPS) is 11.0. The molecule has 28 heavy (non-hydrogen) atoms. The number of hydrogen-bond acceptors (Lipinski definition) is 6. The first kappa shape index (κ1) is 21.4. The predicted octanol–water partition coefficient (Wildman–Crippen LogP) is 4.02. The van der Waals surface area contributed by atoms with Crippen molar-refractivity contribution < 1.29 is 19.6 Å². The molecule has 1 amide bonds. The van der Waals surface area contributed by atoms with Crippen LogP contribution in [0, 0.1) is 17.0 Å². The summed E-state index contributed by atoms with van der Waals surface area (Å²) in [5.41, 5.74) is 3.90. The first-order valence-electron chi connectivity index (χ1n) is 8.41. The number of benzene rings is 2. The number of hydrazone groups is 1. The Bertz CT molecular complexity index is 928. The van der Waals surface area contributed by atoms with Gasteiger partial charge in [-0.15, -0.1) is 0 Å². The van der Waals surface area contributed by atoms with Crippen molar-refractivity contribution in [3.63, 3.8) is 0 Å². The van der Waals surface area contributed by atoms with E-state index in [4.69, 9.17) is 4.74 Å². The largest absolute Gasteiger partial charge is 0.502 e. The highest BCUT2D eigenvalue weighted by Gasteiger charge is 2.17. The van der Waals surface area contributed by atoms with Crippen molar-refractivity contribution in [3.05, 3.63) is 61.6 Å². The Labute approximate surface area is 170 Å². The van der Waals surface area contributed by atoms with Crippen LogP contribution in [-0.2, 0) is 4.79 Å². The number of aryl methyl sites for hydroxylation is 1. The van der Waals surface area contributed by atoms with Crippen LogP contribution in [0.1, 0.15) is 36.5 Å². The summed E-state index contributed by atoms with van der Waals surface area (Å²) in [7, 11) is 0. The van der Waals surface area contributed by atoms with E-state index in [0.717, 1.165) is 17.3 Å². The van der Waals surface area contributed by atoms with E-state index in [1.165, 1.54) is 12.1 Å². The molecule has 2 aromatic carbocycles.